The molecule has 2 fully saturated rings. The van der Waals surface area contributed by atoms with E-state index >= 15 is 0 Å². The van der Waals surface area contributed by atoms with Gasteiger partial charge in [-0.05, 0) is 25.7 Å². The van der Waals surface area contributed by atoms with Gasteiger partial charge in [0.1, 0.15) is 6.23 Å². The molecule has 2 aromatic heterocycles. The predicted molar refractivity (Wildman–Crippen MR) is 99.9 cm³/mol. The minimum atomic E-state index is -0.464. The van der Waals surface area contributed by atoms with Gasteiger partial charge >= 0.3 is 0 Å². The molecule has 0 bridgehead atoms. The minimum absolute atomic E-state index is 0.0202. The van der Waals surface area contributed by atoms with Gasteiger partial charge in [-0.25, -0.2) is 4.98 Å². The summed E-state index contributed by atoms with van der Waals surface area (Å²) in [6, 6.07) is 0. The van der Waals surface area contributed by atoms with E-state index in [1.165, 1.54) is 0 Å². The van der Waals surface area contributed by atoms with Crippen molar-refractivity contribution in [2.45, 2.75) is 51.2 Å². The second-order valence-electron chi connectivity index (χ2n) is 6.87. The van der Waals surface area contributed by atoms with Gasteiger partial charge in [-0.2, -0.15) is 9.97 Å². The Morgan fingerprint density at radius 2 is 2.19 bits per heavy atom. The first-order valence-corrected chi connectivity index (χ1v) is 9.27. The number of aromatic nitrogens is 4. The van der Waals surface area contributed by atoms with Gasteiger partial charge in [0.05, 0.1) is 19.0 Å². The van der Waals surface area contributed by atoms with Gasteiger partial charge in [-0.15, -0.1) is 0 Å². The molecule has 10 nitrogen and oxygen atoms in total. The maximum Gasteiger partial charge on any atom is 0.224 e. The van der Waals surface area contributed by atoms with Crippen LogP contribution in [0.5, 0.6) is 0 Å². The zero-order valence-electron chi connectivity index (χ0n) is 15.7. The number of aliphatic hydroxyl groups is 2. The van der Waals surface area contributed by atoms with Crippen molar-refractivity contribution in [3.63, 3.8) is 0 Å². The summed E-state index contributed by atoms with van der Waals surface area (Å²) >= 11 is 0. The van der Waals surface area contributed by atoms with E-state index < -0.39 is 6.29 Å². The number of nitrogens with one attached hydrogen (secondary N) is 1. The van der Waals surface area contributed by atoms with Crippen LogP contribution < -0.4 is 11.1 Å². The lowest BCUT2D eigenvalue weighted by Gasteiger charge is -2.17. The number of nitrogen functional groups attached to an aromatic ring is 1. The van der Waals surface area contributed by atoms with Crippen molar-refractivity contribution in [3.8, 4) is 0 Å². The van der Waals surface area contributed by atoms with Crippen LogP contribution in [0.1, 0.15) is 38.8 Å². The van der Waals surface area contributed by atoms with Crippen LogP contribution in [0.25, 0.3) is 11.2 Å². The third-order valence-electron chi connectivity index (χ3n) is 4.76. The number of anilines is 2. The first-order chi connectivity index (χ1) is 13.0. The highest BCUT2D eigenvalue weighted by molar-refractivity contribution is 5.84. The van der Waals surface area contributed by atoms with E-state index in [4.69, 9.17) is 20.3 Å². The fourth-order valence-corrected chi connectivity index (χ4v) is 3.39. The van der Waals surface area contributed by atoms with E-state index in [0.717, 1.165) is 32.3 Å². The highest BCUT2D eigenvalue weighted by Gasteiger charge is 2.34. The second kappa shape index (κ2) is 8.79. The Hall–Kier alpha value is -2.01. The van der Waals surface area contributed by atoms with Crippen LogP contribution in [0.3, 0.4) is 0 Å². The summed E-state index contributed by atoms with van der Waals surface area (Å²) in [7, 11) is 1.76. The van der Waals surface area contributed by atoms with Gasteiger partial charge in [-0.1, -0.05) is 6.92 Å². The van der Waals surface area contributed by atoms with Crippen LogP contribution >= 0.6 is 0 Å². The van der Waals surface area contributed by atoms with Crippen molar-refractivity contribution in [2.75, 3.05) is 31.3 Å². The molecule has 27 heavy (non-hydrogen) atoms. The SMILES string of the molecule is CNc1nc(N)nc2c1ncn2C1OC(CO)CC1C.OC1CCCCO1. The molecule has 2 aliphatic heterocycles. The predicted octanol–water partition coefficient (Wildman–Crippen LogP) is 0.871. The summed E-state index contributed by atoms with van der Waals surface area (Å²) in [5.74, 6) is 1.04. The highest BCUT2D eigenvalue weighted by atomic mass is 16.6. The molecule has 5 N–H and O–H groups in total. The standard InChI is InChI=1S/C12H18N6O2.C5H10O2/c1-6-3-7(4-19)20-11(6)18-5-15-8-9(14-2)16-12(13)17-10(8)18;6-5-3-1-2-4-7-5/h5-7,11,19H,3-4H2,1-2H3,(H3,13,14,16,17);5-6H,1-4H2. The fourth-order valence-electron chi connectivity index (χ4n) is 3.39. The molecule has 0 aliphatic carbocycles. The smallest absolute Gasteiger partial charge is 0.224 e. The van der Waals surface area contributed by atoms with E-state index in [1.807, 2.05) is 4.57 Å². The van der Waals surface area contributed by atoms with Crippen molar-refractivity contribution in [3.05, 3.63) is 6.33 Å². The number of imidazole rings is 1. The third-order valence-corrected chi connectivity index (χ3v) is 4.76. The van der Waals surface area contributed by atoms with Gasteiger partial charge in [0.25, 0.3) is 0 Å². The highest BCUT2D eigenvalue weighted by Crippen LogP contribution is 2.36. The second-order valence-corrected chi connectivity index (χ2v) is 6.87. The number of fused-ring (bicyclic) bond motifs is 1. The Balaban J connectivity index is 0.000000253. The van der Waals surface area contributed by atoms with E-state index in [2.05, 4.69) is 27.2 Å². The first kappa shape index (κ1) is 19.7. The lowest BCUT2D eigenvalue weighted by molar-refractivity contribution is -0.123. The molecule has 4 rings (SSSR count). The summed E-state index contributed by atoms with van der Waals surface area (Å²) in [5.41, 5.74) is 7.02. The zero-order valence-corrected chi connectivity index (χ0v) is 15.7. The normalized spacial score (nSPS) is 28.0. The maximum atomic E-state index is 9.23. The summed E-state index contributed by atoms with van der Waals surface area (Å²) < 4.78 is 12.5. The Morgan fingerprint density at radius 1 is 1.37 bits per heavy atom. The van der Waals surface area contributed by atoms with Crippen LogP contribution in [0.2, 0.25) is 0 Å². The number of hydrogen-bond acceptors (Lipinski definition) is 9. The molecule has 150 valence electrons. The van der Waals surface area contributed by atoms with Gasteiger partial charge < -0.3 is 30.7 Å². The Kier molecular flexibility index (Phi) is 6.42. The molecule has 2 saturated heterocycles. The quantitative estimate of drug-likeness (QED) is 0.610. The third kappa shape index (κ3) is 4.46. The molecule has 2 aromatic rings. The summed E-state index contributed by atoms with van der Waals surface area (Å²) in [6.45, 7) is 2.84. The number of rotatable bonds is 3. The molecule has 0 saturated carbocycles. The van der Waals surface area contributed by atoms with Crippen LogP contribution in [0.4, 0.5) is 11.8 Å². The molecule has 4 heterocycles. The van der Waals surface area contributed by atoms with Gasteiger partial charge in [0.2, 0.25) is 5.95 Å². The molecule has 0 aromatic carbocycles. The van der Waals surface area contributed by atoms with Crippen molar-refractivity contribution >= 4 is 22.9 Å². The summed E-state index contributed by atoms with van der Waals surface area (Å²) in [6.07, 6.45) is 4.72. The molecule has 4 unspecified atom stereocenters. The van der Waals surface area contributed by atoms with Crippen molar-refractivity contribution < 1.29 is 19.7 Å². The van der Waals surface area contributed by atoms with Gasteiger partial charge in [0, 0.05) is 19.6 Å². The number of ether oxygens (including phenoxy) is 2. The monoisotopic (exact) mass is 380 g/mol. The van der Waals surface area contributed by atoms with Crippen LogP contribution in [0.15, 0.2) is 6.33 Å². The largest absolute Gasteiger partial charge is 0.394 e. The van der Waals surface area contributed by atoms with Crippen molar-refractivity contribution in [1.29, 1.82) is 0 Å². The molecule has 2 aliphatic rings. The molecule has 4 atom stereocenters. The number of hydrogen-bond donors (Lipinski definition) is 4. The van der Waals surface area contributed by atoms with Crippen molar-refractivity contribution in [2.24, 2.45) is 5.92 Å². The summed E-state index contributed by atoms with van der Waals surface area (Å²) in [5, 5.41) is 20.9. The topological polar surface area (TPSA) is 141 Å². The molecule has 0 spiro atoms. The Labute approximate surface area is 157 Å². The van der Waals surface area contributed by atoms with Gasteiger partial charge in [-0.3, -0.25) is 4.57 Å². The number of aliphatic hydroxyl groups excluding tert-OH is 2. The van der Waals surface area contributed by atoms with Crippen LogP contribution in [-0.4, -0.2) is 62.4 Å². The zero-order chi connectivity index (χ0) is 19.4. The summed E-state index contributed by atoms with van der Waals surface area (Å²) in [4.78, 5) is 12.7. The Bertz CT molecular complexity index is 748. The van der Waals surface area contributed by atoms with Gasteiger partial charge in [0.15, 0.2) is 23.3 Å². The fraction of sp³-hybridized carbons (Fsp3) is 0.706. The van der Waals surface area contributed by atoms with E-state index in [0.29, 0.717) is 17.0 Å². The van der Waals surface area contributed by atoms with E-state index in [1.54, 1.807) is 13.4 Å². The molecule has 0 radical (unpaired) electrons. The molecular weight excluding hydrogens is 352 g/mol. The van der Waals surface area contributed by atoms with Crippen LogP contribution in [-0.2, 0) is 9.47 Å². The maximum absolute atomic E-state index is 9.23. The molecule has 10 heteroatoms. The minimum Gasteiger partial charge on any atom is -0.394 e. The van der Waals surface area contributed by atoms with Crippen molar-refractivity contribution in [1.82, 2.24) is 19.5 Å². The Morgan fingerprint density at radius 3 is 2.74 bits per heavy atom. The van der Waals surface area contributed by atoms with Crippen LogP contribution in [0, 0.1) is 5.92 Å². The van der Waals surface area contributed by atoms with E-state index in [-0.39, 0.29) is 30.8 Å². The molecule has 0 amide bonds. The number of nitrogens with two attached hydrogens (primary N) is 1. The average molecular weight is 380 g/mol. The first-order valence-electron chi connectivity index (χ1n) is 9.27. The average Bonchev–Trinajstić information content (AvgIpc) is 3.25. The number of nitrogens with zero attached hydrogens (tertiary/aromatic N) is 4. The van der Waals surface area contributed by atoms with E-state index in [9.17, 15) is 5.11 Å². The lowest BCUT2D eigenvalue weighted by Crippen LogP contribution is -2.17. The molecular formula is C17H28N6O4. The lowest BCUT2D eigenvalue weighted by atomic mass is 10.1.